The van der Waals surface area contributed by atoms with Gasteiger partial charge in [0.25, 0.3) is 0 Å². The van der Waals surface area contributed by atoms with Crippen LogP contribution in [0.5, 0.6) is 0 Å². The van der Waals surface area contributed by atoms with E-state index in [2.05, 4.69) is 53.2 Å². The third-order valence-electron chi connectivity index (χ3n) is 3.50. The number of aryl methyl sites for hydroxylation is 2. The second kappa shape index (κ2) is 7.76. The summed E-state index contributed by atoms with van der Waals surface area (Å²) >= 11 is 5.11. The molecule has 0 saturated carbocycles. The zero-order valence-electron chi connectivity index (χ0n) is 12.4. The quantitative estimate of drug-likeness (QED) is 0.728. The van der Waals surface area contributed by atoms with Crippen molar-refractivity contribution in [3.63, 3.8) is 0 Å². The minimum Gasteiger partial charge on any atom is -0.341 e. The van der Waals surface area contributed by atoms with Crippen LogP contribution in [0.4, 0.5) is 0 Å². The first-order valence-electron chi connectivity index (χ1n) is 7.13. The molecule has 0 atom stereocenters. The van der Waals surface area contributed by atoms with Crippen LogP contribution in [0.15, 0.2) is 40.2 Å². The molecule has 1 aromatic heterocycles. The third kappa shape index (κ3) is 4.97. The molecule has 0 saturated heterocycles. The van der Waals surface area contributed by atoms with Crippen LogP contribution in [0.2, 0.25) is 0 Å². The van der Waals surface area contributed by atoms with Crippen molar-refractivity contribution in [1.82, 2.24) is 4.90 Å². The number of carbonyl (C=O) groups is 1. The van der Waals surface area contributed by atoms with Crippen LogP contribution >= 0.6 is 27.3 Å². The van der Waals surface area contributed by atoms with Gasteiger partial charge in [-0.2, -0.15) is 0 Å². The minimum absolute atomic E-state index is 0.194. The summed E-state index contributed by atoms with van der Waals surface area (Å²) in [4.78, 5) is 15.2. The molecule has 1 amide bonds. The van der Waals surface area contributed by atoms with Gasteiger partial charge in [-0.3, -0.25) is 4.79 Å². The number of rotatable bonds is 6. The van der Waals surface area contributed by atoms with E-state index in [-0.39, 0.29) is 5.91 Å². The highest BCUT2D eigenvalue weighted by Gasteiger charge is 2.10. The summed E-state index contributed by atoms with van der Waals surface area (Å²) in [7, 11) is 1.87. The topological polar surface area (TPSA) is 20.3 Å². The molecule has 0 aliphatic heterocycles. The van der Waals surface area contributed by atoms with Gasteiger partial charge in [-0.1, -0.05) is 31.2 Å². The molecule has 0 aliphatic carbocycles. The smallest absolute Gasteiger partial charge is 0.222 e. The van der Waals surface area contributed by atoms with E-state index in [0.717, 1.165) is 17.3 Å². The summed E-state index contributed by atoms with van der Waals surface area (Å²) in [6.45, 7) is 2.83. The summed E-state index contributed by atoms with van der Waals surface area (Å²) in [6, 6.07) is 10.6. The zero-order valence-corrected chi connectivity index (χ0v) is 14.8. The average Bonchev–Trinajstić information content (AvgIpc) is 2.90. The Morgan fingerprint density at radius 1 is 1.24 bits per heavy atom. The molecule has 0 fully saturated rings. The molecule has 2 rings (SSSR count). The maximum absolute atomic E-state index is 12.2. The molecule has 0 radical (unpaired) electrons. The summed E-state index contributed by atoms with van der Waals surface area (Å²) in [5.74, 6) is 0.194. The van der Waals surface area contributed by atoms with Crippen LogP contribution in [-0.2, 0) is 24.2 Å². The van der Waals surface area contributed by atoms with E-state index >= 15 is 0 Å². The minimum atomic E-state index is 0.194. The first-order chi connectivity index (χ1) is 10.1. The van der Waals surface area contributed by atoms with Crippen molar-refractivity contribution in [2.24, 2.45) is 0 Å². The van der Waals surface area contributed by atoms with E-state index < -0.39 is 0 Å². The van der Waals surface area contributed by atoms with Crippen molar-refractivity contribution in [3.8, 4) is 0 Å². The van der Waals surface area contributed by atoms with Crippen molar-refractivity contribution in [1.29, 1.82) is 0 Å². The van der Waals surface area contributed by atoms with Crippen LogP contribution in [0.3, 0.4) is 0 Å². The molecular weight excluding hydrogens is 346 g/mol. The van der Waals surface area contributed by atoms with E-state index in [1.54, 1.807) is 16.2 Å². The van der Waals surface area contributed by atoms with Crippen LogP contribution in [0, 0.1) is 0 Å². The Kier molecular flexibility index (Phi) is 6.00. The Balaban J connectivity index is 1.82. The van der Waals surface area contributed by atoms with E-state index in [1.165, 1.54) is 16.0 Å². The van der Waals surface area contributed by atoms with Gasteiger partial charge >= 0.3 is 0 Å². The maximum atomic E-state index is 12.2. The van der Waals surface area contributed by atoms with Crippen LogP contribution in [0.1, 0.15) is 29.3 Å². The lowest BCUT2D eigenvalue weighted by atomic mass is 10.1. The van der Waals surface area contributed by atoms with Crippen LogP contribution in [0.25, 0.3) is 0 Å². The Bertz CT molecular complexity index is 591. The maximum Gasteiger partial charge on any atom is 0.222 e. The fourth-order valence-electron chi connectivity index (χ4n) is 2.14. The largest absolute Gasteiger partial charge is 0.341 e. The summed E-state index contributed by atoms with van der Waals surface area (Å²) in [5, 5.41) is 2.04. The molecule has 0 unspecified atom stereocenters. The molecule has 1 heterocycles. The van der Waals surface area contributed by atoms with Gasteiger partial charge in [0.05, 0.1) is 6.54 Å². The Hall–Kier alpha value is -1.13. The van der Waals surface area contributed by atoms with Gasteiger partial charge < -0.3 is 4.90 Å². The Morgan fingerprint density at radius 2 is 1.90 bits per heavy atom. The first kappa shape index (κ1) is 16.2. The molecule has 2 aromatic rings. The fraction of sp³-hybridized carbons (Fsp3) is 0.353. The highest BCUT2D eigenvalue weighted by Crippen LogP contribution is 2.21. The predicted octanol–water partition coefficient (Wildman–Crippen LogP) is 4.66. The number of hydrogen-bond acceptors (Lipinski definition) is 2. The highest BCUT2D eigenvalue weighted by molar-refractivity contribution is 9.10. The molecule has 0 N–H and O–H groups in total. The summed E-state index contributed by atoms with van der Waals surface area (Å²) in [6.07, 6.45) is 2.42. The lowest BCUT2D eigenvalue weighted by Crippen LogP contribution is -2.25. The number of benzene rings is 1. The SMILES string of the molecule is CCc1ccc(CCC(=O)N(C)Cc2cc(Br)cs2)cc1. The number of thiophene rings is 1. The molecule has 4 heteroatoms. The zero-order chi connectivity index (χ0) is 15.2. The van der Waals surface area contributed by atoms with E-state index in [0.29, 0.717) is 13.0 Å². The van der Waals surface area contributed by atoms with Gasteiger partial charge in [0.2, 0.25) is 5.91 Å². The summed E-state index contributed by atoms with van der Waals surface area (Å²) in [5.41, 5.74) is 2.57. The molecule has 2 nitrogen and oxygen atoms in total. The fourth-order valence-corrected chi connectivity index (χ4v) is 3.65. The molecule has 112 valence electrons. The second-order valence-corrected chi connectivity index (χ2v) is 7.06. The van der Waals surface area contributed by atoms with Gasteiger partial charge in [0.1, 0.15) is 0 Å². The number of carbonyl (C=O) groups excluding carboxylic acids is 1. The Labute approximate surface area is 138 Å². The van der Waals surface area contributed by atoms with E-state index in [1.807, 2.05) is 12.4 Å². The van der Waals surface area contributed by atoms with Crippen molar-refractivity contribution in [2.45, 2.75) is 32.7 Å². The number of amides is 1. The molecule has 0 spiro atoms. The van der Waals surface area contributed by atoms with Crippen molar-refractivity contribution >= 4 is 33.2 Å². The summed E-state index contributed by atoms with van der Waals surface area (Å²) < 4.78 is 1.08. The molecule has 0 bridgehead atoms. The molecular formula is C17H20BrNOS. The number of nitrogens with zero attached hydrogens (tertiary/aromatic N) is 1. The van der Waals surface area contributed by atoms with Crippen LogP contribution in [-0.4, -0.2) is 17.9 Å². The average molecular weight is 366 g/mol. The van der Waals surface area contributed by atoms with E-state index in [4.69, 9.17) is 0 Å². The van der Waals surface area contributed by atoms with E-state index in [9.17, 15) is 4.79 Å². The number of hydrogen-bond donors (Lipinski definition) is 0. The van der Waals surface area contributed by atoms with Gasteiger partial charge in [-0.05, 0) is 46.0 Å². The van der Waals surface area contributed by atoms with Crippen molar-refractivity contribution in [2.75, 3.05) is 7.05 Å². The first-order valence-corrected chi connectivity index (χ1v) is 8.80. The Morgan fingerprint density at radius 3 is 2.48 bits per heavy atom. The van der Waals surface area contributed by atoms with Gasteiger partial charge in [-0.15, -0.1) is 11.3 Å². The highest BCUT2D eigenvalue weighted by atomic mass is 79.9. The monoisotopic (exact) mass is 365 g/mol. The van der Waals surface area contributed by atoms with Gasteiger partial charge in [0, 0.05) is 28.2 Å². The predicted molar refractivity (Wildman–Crippen MR) is 92.6 cm³/mol. The van der Waals surface area contributed by atoms with Crippen molar-refractivity contribution < 1.29 is 4.79 Å². The third-order valence-corrected chi connectivity index (χ3v) is 5.18. The lowest BCUT2D eigenvalue weighted by molar-refractivity contribution is -0.130. The molecule has 1 aromatic carbocycles. The normalized spacial score (nSPS) is 10.6. The lowest BCUT2D eigenvalue weighted by Gasteiger charge is -2.16. The van der Waals surface area contributed by atoms with Gasteiger partial charge in [0.15, 0.2) is 0 Å². The van der Waals surface area contributed by atoms with Crippen molar-refractivity contribution in [3.05, 3.63) is 56.2 Å². The van der Waals surface area contributed by atoms with Gasteiger partial charge in [-0.25, -0.2) is 0 Å². The van der Waals surface area contributed by atoms with Crippen LogP contribution < -0.4 is 0 Å². The number of halogens is 1. The second-order valence-electron chi connectivity index (χ2n) is 5.15. The molecule has 21 heavy (non-hydrogen) atoms. The molecule has 0 aliphatic rings. The standard InChI is InChI=1S/C17H20BrNOS/c1-3-13-4-6-14(7-5-13)8-9-17(20)19(2)11-16-10-15(18)12-21-16/h4-7,10,12H,3,8-9,11H2,1-2H3.